The van der Waals surface area contributed by atoms with Gasteiger partial charge in [0.05, 0.1) is 17.7 Å². The topological polar surface area (TPSA) is 102 Å². The number of amides is 3. The largest absolute Gasteiger partial charge is 0.368 e. The number of carbonyl (C=O) groups excluding carboxylic acids is 3. The Bertz CT molecular complexity index is 1550. The first-order chi connectivity index (χ1) is 24.5. The van der Waals surface area contributed by atoms with E-state index in [0.717, 1.165) is 68.7 Å². The van der Waals surface area contributed by atoms with Crippen LogP contribution < -0.4 is 4.90 Å². The van der Waals surface area contributed by atoms with Crippen LogP contribution in [-0.2, 0) is 19.1 Å². The lowest BCUT2D eigenvalue weighted by atomic mass is 9.75. The molecule has 0 unspecified atom stereocenters. The molecule has 276 valence electrons. The molecular formula is C39H54ClN7O4. The smallest absolute Gasteiger partial charge is 0.252 e. The van der Waals surface area contributed by atoms with E-state index in [1.54, 1.807) is 0 Å². The fourth-order valence-electron chi connectivity index (χ4n) is 9.05. The van der Waals surface area contributed by atoms with Crippen molar-refractivity contribution in [2.75, 3.05) is 64.4 Å². The van der Waals surface area contributed by atoms with Crippen molar-refractivity contribution in [3.8, 4) is 0 Å². The Balaban J connectivity index is 1.22. The fourth-order valence-corrected chi connectivity index (χ4v) is 9.18. The number of aromatic nitrogens is 2. The molecule has 3 amide bonds. The average Bonchev–Trinajstić information content (AvgIpc) is 3.91. The molecule has 51 heavy (non-hydrogen) atoms. The Morgan fingerprint density at radius 3 is 2.25 bits per heavy atom. The Morgan fingerprint density at radius 2 is 1.61 bits per heavy atom. The van der Waals surface area contributed by atoms with Crippen LogP contribution in [0.2, 0.25) is 5.02 Å². The Morgan fingerprint density at radius 1 is 0.882 bits per heavy atom. The number of benzene rings is 1. The van der Waals surface area contributed by atoms with Crippen molar-refractivity contribution in [2.45, 2.75) is 95.9 Å². The summed E-state index contributed by atoms with van der Waals surface area (Å²) in [6.07, 6.45) is 5.49. The third kappa shape index (κ3) is 7.76. The highest BCUT2D eigenvalue weighted by molar-refractivity contribution is 6.30. The summed E-state index contributed by atoms with van der Waals surface area (Å²) in [4.78, 5) is 54.3. The first kappa shape index (κ1) is 36.1. The van der Waals surface area contributed by atoms with Crippen molar-refractivity contribution in [3.05, 3.63) is 52.7 Å². The maximum atomic E-state index is 15.2. The summed E-state index contributed by atoms with van der Waals surface area (Å²) in [6, 6.07) is 10.8. The van der Waals surface area contributed by atoms with E-state index in [4.69, 9.17) is 16.3 Å². The summed E-state index contributed by atoms with van der Waals surface area (Å²) in [5.74, 6) is 0.159. The molecule has 11 nitrogen and oxygen atoms in total. The van der Waals surface area contributed by atoms with Crippen molar-refractivity contribution in [3.63, 3.8) is 0 Å². The molecule has 12 heteroatoms. The van der Waals surface area contributed by atoms with Gasteiger partial charge in [0.25, 0.3) is 5.91 Å². The lowest BCUT2D eigenvalue weighted by Gasteiger charge is -2.43. The van der Waals surface area contributed by atoms with Gasteiger partial charge in [-0.15, -0.1) is 5.10 Å². The number of carbonyl (C=O) groups is 3. The quantitative estimate of drug-likeness (QED) is 0.416. The predicted molar refractivity (Wildman–Crippen MR) is 197 cm³/mol. The molecule has 2 aromatic rings. The Hall–Kier alpha value is -3.28. The van der Waals surface area contributed by atoms with Gasteiger partial charge >= 0.3 is 0 Å². The van der Waals surface area contributed by atoms with E-state index in [-0.39, 0.29) is 41.1 Å². The van der Waals surface area contributed by atoms with Gasteiger partial charge in [0.2, 0.25) is 11.8 Å². The summed E-state index contributed by atoms with van der Waals surface area (Å²) in [5, 5.41) is 9.41. The van der Waals surface area contributed by atoms with Gasteiger partial charge in [-0.2, -0.15) is 5.10 Å². The number of halogens is 1. The molecule has 0 radical (unpaired) electrons. The minimum absolute atomic E-state index is 0.00413. The van der Waals surface area contributed by atoms with Crippen LogP contribution in [0.5, 0.6) is 0 Å². The second kappa shape index (κ2) is 15.0. The van der Waals surface area contributed by atoms with Crippen LogP contribution in [0, 0.1) is 18.3 Å². The summed E-state index contributed by atoms with van der Waals surface area (Å²) >= 11 is 6.30. The zero-order valence-corrected chi connectivity index (χ0v) is 31.4. The predicted octanol–water partition coefficient (Wildman–Crippen LogP) is 4.38. The van der Waals surface area contributed by atoms with Crippen LogP contribution in [0.3, 0.4) is 0 Å². The van der Waals surface area contributed by atoms with Crippen LogP contribution in [0.15, 0.2) is 36.4 Å². The molecule has 1 saturated carbocycles. The van der Waals surface area contributed by atoms with E-state index in [1.165, 1.54) is 0 Å². The molecule has 4 aliphatic heterocycles. The van der Waals surface area contributed by atoms with Crippen molar-refractivity contribution < 1.29 is 19.1 Å². The average molecular weight is 720 g/mol. The summed E-state index contributed by atoms with van der Waals surface area (Å²) < 4.78 is 5.98. The van der Waals surface area contributed by atoms with Crippen LogP contribution >= 0.6 is 11.6 Å². The highest BCUT2D eigenvalue weighted by Gasteiger charge is 2.51. The summed E-state index contributed by atoms with van der Waals surface area (Å²) in [7, 11) is 2.07. The van der Waals surface area contributed by atoms with Crippen LogP contribution in [-0.4, -0.2) is 131 Å². The second-order valence-corrected chi connectivity index (χ2v) is 16.8. The van der Waals surface area contributed by atoms with Gasteiger partial charge in [0.1, 0.15) is 12.1 Å². The highest BCUT2D eigenvalue weighted by atomic mass is 35.5. The zero-order chi connectivity index (χ0) is 35.9. The molecule has 7 rings (SSSR count). The van der Waals surface area contributed by atoms with Gasteiger partial charge < -0.3 is 29.2 Å². The number of piperazine rings is 1. The molecular weight excluding hydrogens is 666 g/mol. The molecule has 5 atom stereocenters. The van der Waals surface area contributed by atoms with Crippen molar-refractivity contribution >= 4 is 35.1 Å². The monoisotopic (exact) mass is 719 g/mol. The normalized spacial score (nSPS) is 28.7. The van der Waals surface area contributed by atoms with Crippen molar-refractivity contribution in [1.82, 2.24) is 29.8 Å². The molecule has 1 aliphatic carbocycles. The maximum Gasteiger partial charge on any atom is 0.252 e. The van der Waals surface area contributed by atoms with Crippen LogP contribution in [0.25, 0.3) is 0 Å². The first-order valence-electron chi connectivity index (χ1n) is 19.0. The van der Waals surface area contributed by atoms with Crippen molar-refractivity contribution in [1.29, 1.82) is 0 Å². The molecule has 0 bridgehead atoms. The maximum absolute atomic E-state index is 15.2. The van der Waals surface area contributed by atoms with Gasteiger partial charge in [0.15, 0.2) is 5.82 Å². The molecule has 5 aliphatic rings. The zero-order valence-electron chi connectivity index (χ0n) is 30.7. The molecule has 1 aromatic heterocycles. The van der Waals surface area contributed by atoms with Crippen LogP contribution in [0.4, 0.5) is 5.82 Å². The SMILES string of the molecule is Cc1ccc(N2C[C@@H](C(=O)N3C[C@@H](N(C(=O)[C@@H]4CCCO4)C4CCC(C)(C)CC4)C[C@H]3C(=O)N3CCN(C)CC3)[C@H](c3ccc(Cl)cc3)C2)nn1. The minimum Gasteiger partial charge on any atom is -0.368 e. The van der Waals surface area contributed by atoms with Gasteiger partial charge in [-0.3, -0.25) is 14.4 Å². The van der Waals surface area contributed by atoms with E-state index in [9.17, 15) is 9.59 Å². The molecule has 5 fully saturated rings. The number of hydrogen-bond donors (Lipinski definition) is 0. The highest BCUT2D eigenvalue weighted by Crippen LogP contribution is 2.42. The third-order valence-corrected chi connectivity index (χ3v) is 12.5. The minimum atomic E-state index is -0.634. The fraction of sp³-hybridized carbons (Fsp3) is 0.667. The summed E-state index contributed by atoms with van der Waals surface area (Å²) in [6.45, 7) is 11.4. The van der Waals surface area contributed by atoms with E-state index in [2.05, 4.69) is 45.8 Å². The van der Waals surface area contributed by atoms with E-state index >= 15 is 4.79 Å². The number of likely N-dealkylation sites (tertiary alicyclic amines) is 1. The molecule has 4 saturated heterocycles. The number of ether oxygens (including phenoxy) is 1. The van der Waals surface area contributed by atoms with E-state index in [0.29, 0.717) is 50.8 Å². The molecule has 5 heterocycles. The standard InChI is InChI=1S/C39H54ClN7O4/c1-26-7-12-35(42-41-26)45-24-31(27-8-10-28(40)11-9-27)32(25-45)36(48)46-23-30(22-33(46)37(49)44-19-17-43(4)18-20-44)47(38(50)34-6-5-21-51-34)29-13-15-39(2,3)16-14-29/h7-12,29-34H,5-6,13-25H2,1-4H3/t30-,31-,32+,33-,34-/m0/s1. The molecule has 0 N–H and O–H groups in total. The number of nitrogens with zero attached hydrogens (tertiary/aromatic N) is 7. The van der Waals surface area contributed by atoms with Gasteiger partial charge in [-0.25, -0.2) is 0 Å². The first-order valence-corrected chi connectivity index (χ1v) is 19.4. The number of aryl methyl sites for hydroxylation is 1. The number of anilines is 1. The Kier molecular flexibility index (Phi) is 10.6. The number of hydrogen-bond acceptors (Lipinski definition) is 8. The van der Waals surface area contributed by atoms with Gasteiger partial charge in [-0.1, -0.05) is 37.6 Å². The lowest BCUT2D eigenvalue weighted by molar-refractivity contribution is -0.148. The van der Waals surface area contributed by atoms with E-state index < -0.39 is 18.1 Å². The number of likely N-dealkylation sites (N-methyl/N-ethyl adjacent to an activating group) is 1. The van der Waals surface area contributed by atoms with Crippen LogP contribution in [0.1, 0.15) is 76.0 Å². The van der Waals surface area contributed by atoms with Gasteiger partial charge in [0, 0.05) is 69.4 Å². The molecule has 1 aromatic carbocycles. The van der Waals surface area contributed by atoms with E-state index in [1.807, 2.05) is 53.1 Å². The Labute approximate surface area is 307 Å². The summed E-state index contributed by atoms with van der Waals surface area (Å²) in [5.41, 5.74) is 2.09. The molecule has 0 spiro atoms. The van der Waals surface area contributed by atoms with Gasteiger partial charge in [-0.05, 0) is 94.2 Å². The third-order valence-electron chi connectivity index (χ3n) is 12.3. The van der Waals surface area contributed by atoms with Crippen molar-refractivity contribution in [2.24, 2.45) is 11.3 Å². The number of rotatable bonds is 7. The second-order valence-electron chi connectivity index (χ2n) is 16.4. The lowest BCUT2D eigenvalue weighted by Crippen LogP contribution is -2.54.